The molecule has 10 heteroatoms. The van der Waals surface area contributed by atoms with Gasteiger partial charge in [0.25, 0.3) is 5.91 Å². The first kappa shape index (κ1) is 22.1. The summed E-state index contributed by atoms with van der Waals surface area (Å²) in [6.07, 6.45) is 12.1. The highest BCUT2D eigenvalue weighted by molar-refractivity contribution is 6.32. The molecule has 170 valence electrons. The first-order chi connectivity index (χ1) is 15.4. The summed E-state index contributed by atoms with van der Waals surface area (Å²) in [4.78, 5) is 34.7. The molecule has 0 radical (unpaired) electrons. The Kier molecular flexibility index (Phi) is 6.59. The topological polar surface area (TPSA) is 118 Å². The van der Waals surface area contributed by atoms with Gasteiger partial charge >= 0.3 is 0 Å². The lowest BCUT2D eigenvalue weighted by molar-refractivity contribution is 0.100. The second-order valence-corrected chi connectivity index (χ2v) is 8.71. The molecule has 2 aromatic heterocycles. The van der Waals surface area contributed by atoms with E-state index >= 15 is 0 Å². The van der Waals surface area contributed by atoms with Crippen molar-refractivity contribution in [2.45, 2.75) is 50.2 Å². The number of carbonyl (C=O) groups is 1. The van der Waals surface area contributed by atoms with E-state index in [0.29, 0.717) is 31.0 Å². The van der Waals surface area contributed by atoms with Gasteiger partial charge < -0.3 is 15.5 Å². The fraction of sp³-hybridized carbons (Fsp3) is 0.545. The lowest BCUT2D eigenvalue weighted by Crippen LogP contribution is -2.50. The molecule has 0 saturated heterocycles. The van der Waals surface area contributed by atoms with Gasteiger partial charge in [-0.1, -0.05) is 12.8 Å². The van der Waals surface area contributed by atoms with Crippen molar-refractivity contribution >= 4 is 29.6 Å². The lowest BCUT2D eigenvalue weighted by Gasteiger charge is -2.41. The highest BCUT2D eigenvalue weighted by Gasteiger charge is 2.31. The Morgan fingerprint density at radius 2 is 2.00 bits per heavy atom. The van der Waals surface area contributed by atoms with Crippen molar-refractivity contribution in [2.75, 3.05) is 32.6 Å². The van der Waals surface area contributed by atoms with E-state index in [4.69, 9.17) is 5.73 Å². The molecule has 3 unspecified atom stereocenters. The van der Waals surface area contributed by atoms with Crippen LogP contribution in [0.4, 0.5) is 11.8 Å². The van der Waals surface area contributed by atoms with Gasteiger partial charge in [0, 0.05) is 50.4 Å². The maximum absolute atomic E-state index is 12.0. The van der Waals surface area contributed by atoms with Gasteiger partial charge in [0.2, 0.25) is 5.95 Å². The Bertz CT molecular complexity index is 999. The summed E-state index contributed by atoms with van der Waals surface area (Å²) in [5.74, 6) is 0.234. The van der Waals surface area contributed by atoms with Crippen molar-refractivity contribution in [2.24, 2.45) is 15.7 Å². The average Bonchev–Trinajstić information content (AvgIpc) is 3.33. The van der Waals surface area contributed by atoms with E-state index in [2.05, 4.69) is 48.9 Å². The van der Waals surface area contributed by atoms with Gasteiger partial charge in [0.15, 0.2) is 5.82 Å². The van der Waals surface area contributed by atoms with Crippen LogP contribution in [0.1, 0.15) is 48.5 Å². The molecule has 0 bridgehead atoms. The number of carbonyl (C=O) groups excluding carboxylic acids is 1. The molecule has 1 fully saturated rings. The van der Waals surface area contributed by atoms with Crippen LogP contribution in [0.5, 0.6) is 0 Å². The zero-order chi connectivity index (χ0) is 22.7. The van der Waals surface area contributed by atoms with E-state index in [-0.39, 0.29) is 17.4 Å². The molecule has 10 nitrogen and oxygen atoms in total. The predicted octanol–water partition coefficient (Wildman–Crippen LogP) is 1.87. The largest absolute Gasteiger partial charge is 0.365 e. The molecule has 2 N–H and O–H groups in total. The summed E-state index contributed by atoms with van der Waals surface area (Å²) >= 11 is 0. The SMILES string of the molecule is CN(C)C1CCCCC1N(C)c1ncc(C(N)=O)c(N=C2C=NCC(n3cccn3)C2)n1. The van der Waals surface area contributed by atoms with Crippen LogP contribution in [-0.2, 0) is 0 Å². The third kappa shape index (κ3) is 4.69. The third-order valence-electron chi connectivity index (χ3n) is 6.34. The number of rotatable bonds is 6. The minimum atomic E-state index is -0.598. The molecule has 2 aromatic rings. The number of aromatic nitrogens is 4. The Morgan fingerprint density at radius 3 is 2.69 bits per heavy atom. The Balaban J connectivity index is 1.64. The number of primary amides is 1. The number of amides is 1. The third-order valence-corrected chi connectivity index (χ3v) is 6.34. The monoisotopic (exact) mass is 437 g/mol. The number of nitrogens with zero attached hydrogens (tertiary/aromatic N) is 8. The van der Waals surface area contributed by atoms with Gasteiger partial charge in [0.1, 0.15) is 5.56 Å². The normalized spacial score (nSPS) is 24.8. The standard InChI is InChI=1S/C22H31N9O/c1-29(2)18-7-4-5-8-19(18)30(3)22-25-14-17(20(23)32)21(28-22)27-15-11-16(13-24-12-15)31-10-6-9-26-31/h6,9-10,12,14,16,18-19H,4-5,7-8,11,13H2,1-3H3,(H2,23,32). The number of likely N-dealkylation sites (N-methyl/N-ethyl adjacent to an activating group) is 2. The zero-order valence-electron chi connectivity index (χ0n) is 18.9. The first-order valence-electron chi connectivity index (χ1n) is 11.1. The van der Waals surface area contributed by atoms with Crippen LogP contribution in [0.2, 0.25) is 0 Å². The fourth-order valence-electron chi connectivity index (χ4n) is 4.61. The lowest BCUT2D eigenvalue weighted by atomic mass is 9.89. The number of aliphatic imine (C=N–C) groups is 2. The van der Waals surface area contributed by atoms with Crippen molar-refractivity contribution in [3.63, 3.8) is 0 Å². The molecule has 1 aliphatic heterocycles. The number of hydrogen-bond acceptors (Lipinski definition) is 8. The van der Waals surface area contributed by atoms with E-state index in [1.165, 1.54) is 19.0 Å². The smallest absolute Gasteiger partial charge is 0.254 e. The highest BCUT2D eigenvalue weighted by atomic mass is 16.1. The molecule has 32 heavy (non-hydrogen) atoms. The minimum absolute atomic E-state index is 0.0813. The Morgan fingerprint density at radius 1 is 1.22 bits per heavy atom. The number of hydrogen-bond donors (Lipinski definition) is 1. The number of anilines is 1. The van der Waals surface area contributed by atoms with Crippen LogP contribution in [-0.4, -0.2) is 82.3 Å². The Labute approximate surface area is 188 Å². The molecular formula is C22H31N9O. The van der Waals surface area contributed by atoms with E-state index in [0.717, 1.165) is 18.6 Å². The summed E-state index contributed by atoms with van der Waals surface area (Å²) in [7, 11) is 6.24. The molecule has 2 aliphatic rings. The van der Waals surface area contributed by atoms with Gasteiger partial charge in [-0.3, -0.25) is 14.5 Å². The van der Waals surface area contributed by atoms with Crippen molar-refractivity contribution in [3.05, 3.63) is 30.2 Å². The molecule has 4 rings (SSSR count). The molecule has 0 aromatic carbocycles. The van der Waals surface area contributed by atoms with E-state index in [1.807, 2.05) is 24.0 Å². The van der Waals surface area contributed by atoms with E-state index in [9.17, 15) is 4.79 Å². The van der Waals surface area contributed by atoms with Crippen LogP contribution < -0.4 is 10.6 Å². The van der Waals surface area contributed by atoms with Gasteiger partial charge in [0.05, 0.1) is 18.3 Å². The zero-order valence-corrected chi connectivity index (χ0v) is 18.9. The van der Waals surface area contributed by atoms with Gasteiger partial charge in [-0.15, -0.1) is 0 Å². The van der Waals surface area contributed by atoms with Crippen LogP contribution in [0.3, 0.4) is 0 Å². The van der Waals surface area contributed by atoms with Crippen LogP contribution in [0, 0.1) is 0 Å². The summed E-state index contributed by atoms with van der Waals surface area (Å²) in [6, 6.07) is 2.68. The van der Waals surface area contributed by atoms with Crippen LogP contribution in [0.15, 0.2) is 34.6 Å². The quantitative estimate of drug-likeness (QED) is 0.737. The summed E-state index contributed by atoms with van der Waals surface area (Å²) < 4.78 is 1.88. The van der Waals surface area contributed by atoms with Gasteiger partial charge in [-0.2, -0.15) is 10.1 Å². The summed E-state index contributed by atoms with van der Waals surface area (Å²) in [5.41, 5.74) is 6.54. The van der Waals surface area contributed by atoms with Crippen LogP contribution >= 0.6 is 0 Å². The summed E-state index contributed by atoms with van der Waals surface area (Å²) in [6.45, 7) is 0.634. The summed E-state index contributed by atoms with van der Waals surface area (Å²) in [5, 5.41) is 4.31. The van der Waals surface area contributed by atoms with E-state index < -0.39 is 5.91 Å². The van der Waals surface area contributed by atoms with Gasteiger partial charge in [-0.05, 0) is 33.0 Å². The van der Waals surface area contributed by atoms with Crippen molar-refractivity contribution in [3.8, 4) is 0 Å². The van der Waals surface area contributed by atoms with Crippen molar-refractivity contribution in [1.29, 1.82) is 0 Å². The maximum atomic E-state index is 12.0. The molecule has 3 heterocycles. The first-order valence-corrected chi connectivity index (χ1v) is 11.1. The minimum Gasteiger partial charge on any atom is -0.365 e. The molecule has 3 atom stereocenters. The van der Waals surface area contributed by atoms with Crippen molar-refractivity contribution < 1.29 is 4.79 Å². The van der Waals surface area contributed by atoms with Crippen LogP contribution in [0.25, 0.3) is 0 Å². The maximum Gasteiger partial charge on any atom is 0.254 e. The highest BCUT2D eigenvalue weighted by Crippen LogP contribution is 2.29. The molecular weight excluding hydrogens is 406 g/mol. The molecule has 1 amide bonds. The van der Waals surface area contributed by atoms with Gasteiger partial charge in [-0.25, -0.2) is 9.98 Å². The fourth-order valence-corrected chi connectivity index (χ4v) is 4.61. The molecule has 1 aliphatic carbocycles. The molecule has 0 spiro atoms. The number of nitrogens with two attached hydrogens (primary N) is 1. The predicted molar refractivity (Wildman–Crippen MR) is 125 cm³/mol. The second-order valence-electron chi connectivity index (χ2n) is 8.71. The molecule has 1 saturated carbocycles. The second kappa shape index (κ2) is 9.56. The Hall–Kier alpha value is -3.14. The van der Waals surface area contributed by atoms with E-state index in [1.54, 1.807) is 12.4 Å². The van der Waals surface area contributed by atoms with Crippen molar-refractivity contribution in [1.82, 2.24) is 24.6 Å². The average molecular weight is 438 g/mol.